The van der Waals surface area contributed by atoms with Crippen LogP contribution in [0.4, 0.5) is 5.69 Å². The number of anilines is 1. The topological polar surface area (TPSA) is 7.12 Å². The largest absolute Gasteiger partial charge is 0.335 e. The van der Waals surface area contributed by atoms with Gasteiger partial charge < -0.3 is 4.90 Å². The second kappa shape index (κ2) is 10.4. The van der Waals surface area contributed by atoms with Crippen molar-refractivity contribution in [3.05, 3.63) is 91.9 Å². The summed E-state index contributed by atoms with van der Waals surface area (Å²) in [6, 6.07) is 12.3. The number of thioether (sulfide) groups is 1. The molecule has 186 valence electrons. The van der Waals surface area contributed by atoms with Crippen LogP contribution in [0, 0.1) is 5.41 Å². The van der Waals surface area contributed by atoms with Gasteiger partial charge in [0.1, 0.15) is 11.2 Å². The number of hydrogen-bond donors (Lipinski definition) is 0. The van der Waals surface area contributed by atoms with Gasteiger partial charge in [0.15, 0.2) is 0 Å². The Balaban J connectivity index is 1.44. The molecule has 5 rings (SSSR count). The summed E-state index contributed by atoms with van der Waals surface area (Å²) in [4.78, 5) is 3.64. The average molecular weight is 555 g/mol. The first kappa shape index (κ1) is 25.7. The van der Waals surface area contributed by atoms with Crippen molar-refractivity contribution in [3.63, 3.8) is 0 Å². The second-order valence-corrected chi connectivity index (χ2v) is 13.1. The molecule has 0 fully saturated rings. The molecule has 0 spiro atoms. The van der Waals surface area contributed by atoms with Crippen molar-refractivity contribution >= 4 is 68.3 Å². The van der Waals surface area contributed by atoms with Gasteiger partial charge >= 0.3 is 0 Å². The molecule has 0 saturated carbocycles. The monoisotopic (exact) mass is 553 g/mol. The first-order chi connectivity index (χ1) is 17.3. The summed E-state index contributed by atoms with van der Waals surface area (Å²) in [7, 11) is 0. The molecular weight excluding hydrogens is 523 g/mol. The lowest BCUT2D eigenvalue weighted by Crippen LogP contribution is -2.33. The zero-order valence-corrected chi connectivity index (χ0v) is 24.3. The zero-order chi connectivity index (χ0) is 25.4. The molecule has 0 radical (unpaired) electrons. The van der Waals surface area contributed by atoms with Crippen LogP contribution in [0.3, 0.4) is 0 Å². The van der Waals surface area contributed by atoms with Crippen molar-refractivity contribution in [1.29, 1.82) is 0 Å². The number of allylic oxidation sites excluding steroid dienone is 6. The van der Waals surface area contributed by atoms with Gasteiger partial charge in [0, 0.05) is 33.6 Å². The molecule has 0 saturated heterocycles. The number of hydrogen-bond acceptors (Lipinski definition) is 3. The Morgan fingerprint density at radius 1 is 1.06 bits per heavy atom. The lowest BCUT2D eigenvalue weighted by molar-refractivity contribution is -0.665. The van der Waals surface area contributed by atoms with E-state index in [4.69, 9.17) is 23.2 Å². The van der Waals surface area contributed by atoms with E-state index in [0.29, 0.717) is 0 Å². The zero-order valence-electron chi connectivity index (χ0n) is 21.1. The first-order valence-corrected chi connectivity index (χ1v) is 14.8. The van der Waals surface area contributed by atoms with Crippen LogP contribution in [-0.4, -0.2) is 6.54 Å². The van der Waals surface area contributed by atoms with E-state index >= 15 is 0 Å². The van der Waals surface area contributed by atoms with Crippen molar-refractivity contribution in [2.24, 2.45) is 5.41 Å². The Kier molecular flexibility index (Phi) is 7.42. The van der Waals surface area contributed by atoms with Crippen LogP contribution in [0.2, 0.25) is 10.0 Å². The van der Waals surface area contributed by atoms with Crippen LogP contribution in [0.1, 0.15) is 45.5 Å². The minimum absolute atomic E-state index is 0.217. The van der Waals surface area contributed by atoms with E-state index in [9.17, 15) is 0 Å². The fraction of sp³-hybridized carbons (Fsp3) is 0.300. The molecule has 3 aromatic rings. The second-order valence-electron chi connectivity index (χ2n) is 10.1. The number of nitrogens with zero attached hydrogens (tertiary/aromatic N) is 2. The van der Waals surface area contributed by atoms with E-state index in [0.717, 1.165) is 36.0 Å². The number of aryl methyl sites for hydroxylation is 1. The summed E-state index contributed by atoms with van der Waals surface area (Å²) in [6.45, 7) is 11.0. The molecule has 2 aromatic carbocycles. The van der Waals surface area contributed by atoms with E-state index in [2.05, 4.69) is 91.8 Å². The van der Waals surface area contributed by atoms with Crippen LogP contribution in [0.25, 0.3) is 16.3 Å². The molecule has 2 heterocycles. The number of aromatic nitrogens is 1. The lowest BCUT2D eigenvalue weighted by Gasteiger charge is -2.31. The van der Waals surface area contributed by atoms with Crippen LogP contribution in [0.5, 0.6) is 0 Å². The van der Waals surface area contributed by atoms with Crippen molar-refractivity contribution in [2.45, 2.75) is 52.0 Å². The molecule has 36 heavy (non-hydrogen) atoms. The van der Waals surface area contributed by atoms with Crippen LogP contribution >= 0.6 is 46.3 Å². The molecule has 2 aliphatic rings. The van der Waals surface area contributed by atoms with Gasteiger partial charge in [0.25, 0.3) is 5.01 Å². The smallest absolute Gasteiger partial charge is 0.262 e. The van der Waals surface area contributed by atoms with Gasteiger partial charge in [-0.2, -0.15) is 4.57 Å². The van der Waals surface area contributed by atoms with Crippen LogP contribution < -0.4 is 9.47 Å². The molecule has 1 aliphatic heterocycles. The summed E-state index contributed by atoms with van der Waals surface area (Å²) in [6.07, 6.45) is 13.6. The minimum atomic E-state index is 0.217. The molecule has 2 nitrogen and oxygen atoms in total. The summed E-state index contributed by atoms with van der Waals surface area (Å²) in [5.74, 6) is 0. The summed E-state index contributed by atoms with van der Waals surface area (Å²) in [5, 5.41) is 4.09. The maximum Gasteiger partial charge on any atom is 0.262 e. The van der Waals surface area contributed by atoms with Crippen molar-refractivity contribution in [3.8, 4) is 0 Å². The molecule has 0 unspecified atom stereocenters. The summed E-state index contributed by atoms with van der Waals surface area (Å²) >= 11 is 16.2. The lowest BCUT2D eigenvalue weighted by atomic mass is 9.75. The normalized spacial score (nSPS) is 19.6. The van der Waals surface area contributed by atoms with Crippen LogP contribution in [-0.2, 0) is 6.54 Å². The highest BCUT2D eigenvalue weighted by Crippen LogP contribution is 2.48. The Labute approximate surface area is 232 Å². The standard InChI is InChI=1S/C30H31Cl2N2S2/c1-5-33-24-16-22(31)10-12-26(24)35-28(33)9-7-8-20-14-21(19-30(3,4)18-20)15-29-34(6-2)25-17-23(32)11-13-27(25)36-29/h7-17H,5-6,18-19H2,1-4H3/q+1. The van der Waals surface area contributed by atoms with Gasteiger partial charge in [-0.05, 0) is 79.7 Å². The minimum Gasteiger partial charge on any atom is -0.335 e. The third-order valence-electron chi connectivity index (χ3n) is 6.61. The molecule has 0 N–H and O–H groups in total. The Hall–Kier alpha value is -1.98. The average Bonchev–Trinajstić information content (AvgIpc) is 3.33. The molecule has 0 amide bonds. The highest BCUT2D eigenvalue weighted by atomic mass is 35.5. The van der Waals surface area contributed by atoms with Crippen molar-refractivity contribution in [1.82, 2.24) is 0 Å². The molecule has 0 atom stereocenters. The fourth-order valence-corrected chi connectivity index (χ4v) is 7.79. The Bertz CT molecular complexity index is 1440. The Morgan fingerprint density at radius 3 is 2.61 bits per heavy atom. The number of halogens is 2. The highest BCUT2D eigenvalue weighted by Gasteiger charge is 2.28. The number of benzene rings is 2. The predicted molar refractivity (Wildman–Crippen MR) is 159 cm³/mol. The van der Waals surface area contributed by atoms with Gasteiger partial charge in [-0.1, -0.05) is 78.4 Å². The van der Waals surface area contributed by atoms with E-state index in [1.807, 2.05) is 35.2 Å². The SMILES string of the molecule is CCN1C(=CC2=CC(=CC=Cc3sc4ccc(Cl)cc4[n+]3CC)CC(C)(C)C2)Sc2ccc(Cl)cc21. The quantitative estimate of drug-likeness (QED) is 0.290. The van der Waals surface area contributed by atoms with E-state index in [-0.39, 0.29) is 5.41 Å². The molecule has 6 heteroatoms. The molecule has 1 aliphatic carbocycles. The van der Waals surface area contributed by atoms with Crippen molar-refractivity contribution in [2.75, 3.05) is 11.4 Å². The Morgan fingerprint density at radius 2 is 1.83 bits per heavy atom. The predicted octanol–water partition coefficient (Wildman–Crippen LogP) is 9.68. The number of fused-ring (bicyclic) bond motifs is 2. The molecule has 1 aromatic heterocycles. The third-order valence-corrected chi connectivity index (χ3v) is 9.32. The fourth-order valence-electron chi connectivity index (χ4n) is 5.15. The van der Waals surface area contributed by atoms with E-state index < -0.39 is 0 Å². The maximum absolute atomic E-state index is 6.30. The van der Waals surface area contributed by atoms with Gasteiger partial charge in [-0.15, -0.1) is 0 Å². The first-order valence-electron chi connectivity index (χ1n) is 12.4. The molecular formula is C30H31Cl2N2S2+. The summed E-state index contributed by atoms with van der Waals surface area (Å²) < 4.78 is 3.59. The third kappa shape index (κ3) is 5.33. The van der Waals surface area contributed by atoms with Gasteiger partial charge in [0.2, 0.25) is 5.52 Å². The number of thiazole rings is 1. The van der Waals surface area contributed by atoms with Gasteiger partial charge in [0.05, 0.1) is 10.7 Å². The maximum atomic E-state index is 6.30. The van der Waals surface area contributed by atoms with E-state index in [1.54, 1.807) is 0 Å². The van der Waals surface area contributed by atoms with Gasteiger partial charge in [-0.25, -0.2) is 0 Å². The van der Waals surface area contributed by atoms with Crippen LogP contribution in [0.15, 0.2) is 81.8 Å². The number of rotatable bonds is 5. The van der Waals surface area contributed by atoms with E-state index in [1.165, 1.54) is 42.0 Å². The van der Waals surface area contributed by atoms with Gasteiger partial charge in [-0.3, -0.25) is 0 Å². The van der Waals surface area contributed by atoms with Crippen molar-refractivity contribution < 1.29 is 4.57 Å². The molecule has 0 bridgehead atoms. The highest BCUT2D eigenvalue weighted by molar-refractivity contribution is 8.03. The summed E-state index contributed by atoms with van der Waals surface area (Å²) in [5.41, 5.74) is 5.38.